The van der Waals surface area contributed by atoms with E-state index in [2.05, 4.69) is 4.98 Å². The van der Waals surface area contributed by atoms with Gasteiger partial charge in [0.2, 0.25) is 5.91 Å². The first-order valence-electron chi connectivity index (χ1n) is 6.41. The maximum absolute atomic E-state index is 11.6. The minimum atomic E-state index is -0.523. The molecule has 21 heavy (non-hydrogen) atoms. The lowest BCUT2D eigenvalue weighted by Gasteiger charge is -2.29. The smallest absolute Gasteiger partial charge is 0.239 e. The summed E-state index contributed by atoms with van der Waals surface area (Å²) in [5.41, 5.74) is 7.10. The zero-order chi connectivity index (χ0) is 15.4. The number of amides is 1. The fourth-order valence-electron chi connectivity index (χ4n) is 1.98. The van der Waals surface area contributed by atoms with Gasteiger partial charge < -0.3 is 10.6 Å². The fourth-order valence-corrected chi connectivity index (χ4v) is 2.44. The maximum atomic E-state index is 11.6. The van der Waals surface area contributed by atoms with Gasteiger partial charge in [0.25, 0.3) is 0 Å². The van der Waals surface area contributed by atoms with Crippen LogP contribution >= 0.6 is 23.2 Å². The molecule has 4 nitrogen and oxygen atoms in total. The summed E-state index contributed by atoms with van der Waals surface area (Å²) in [6.45, 7) is 2.23. The molecular formula is C15H15Cl2N3O. The van der Waals surface area contributed by atoms with Crippen molar-refractivity contribution in [3.63, 3.8) is 0 Å². The normalized spacial score (nSPS) is 12.0. The number of nitrogens with zero attached hydrogens (tertiary/aromatic N) is 2. The number of hydrogen-bond donors (Lipinski definition) is 1. The van der Waals surface area contributed by atoms with Crippen LogP contribution in [0.15, 0.2) is 42.5 Å². The third-order valence-electron chi connectivity index (χ3n) is 3.18. The Bertz CT molecular complexity index is 634. The summed E-state index contributed by atoms with van der Waals surface area (Å²) in [4.78, 5) is 17.4. The molecular weight excluding hydrogens is 309 g/mol. The Morgan fingerprint density at radius 3 is 2.48 bits per heavy atom. The molecule has 1 aromatic carbocycles. The molecule has 1 heterocycles. The summed E-state index contributed by atoms with van der Waals surface area (Å²) in [7, 11) is 0. The number of anilines is 1. The number of pyridine rings is 1. The molecule has 2 N–H and O–H groups in total. The number of primary amides is 1. The molecule has 2 rings (SSSR count). The second kappa shape index (κ2) is 6.78. The van der Waals surface area contributed by atoms with E-state index in [1.807, 2.05) is 35.2 Å². The number of hydrogen-bond acceptors (Lipinski definition) is 3. The van der Waals surface area contributed by atoms with Crippen LogP contribution in [-0.2, 0) is 11.3 Å². The highest BCUT2D eigenvalue weighted by Gasteiger charge is 2.22. The Morgan fingerprint density at radius 1 is 1.24 bits per heavy atom. The molecule has 0 unspecified atom stereocenters. The third-order valence-corrected chi connectivity index (χ3v) is 3.67. The molecule has 0 aliphatic heterocycles. The van der Waals surface area contributed by atoms with Crippen molar-refractivity contribution in [1.29, 1.82) is 0 Å². The van der Waals surface area contributed by atoms with Crippen LogP contribution in [0.1, 0.15) is 12.5 Å². The molecule has 1 amide bonds. The molecule has 0 bridgehead atoms. The Kier molecular flexibility index (Phi) is 5.04. The largest absolute Gasteiger partial charge is 0.368 e. The molecule has 0 saturated heterocycles. The molecule has 1 aromatic heterocycles. The van der Waals surface area contributed by atoms with Gasteiger partial charge in [-0.05, 0) is 24.6 Å². The van der Waals surface area contributed by atoms with Crippen molar-refractivity contribution in [3.8, 4) is 0 Å². The van der Waals surface area contributed by atoms with E-state index in [9.17, 15) is 4.79 Å². The SMILES string of the molecule is C[C@H](C(N)=O)N(Cc1ccccc1)c1ccc(Cl)nc1Cl. The first-order chi connectivity index (χ1) is 9.99. The maximum Gasteiger partial charge on any atom is 0.239 e. The highest BCUT2D eigenvalue weighted by atomic mass is 35.5. The quantitative estimate of drug-likeness (QED) is 0.859. The van der Waals surface area contributed by atoms with Crippen molar-refractivity contribution in [1.82, 2.24) is 4.98 Å². The van der Waals surface area contributed by atoms with E-state index in [1.165, 1.54) is 0 Å². The first kappa shape index (κ1) is 15.6. The molecule has 0 saturated carbocycles. The summed E-state index contributed by atoms with van der Waals surface area (Å²) in [6, 6.07) is 12.6. The van der Waals surface area contributed by atoms with E-state index >= 15 is 0 Å². The van der Waals surface area contributed by atoms with Crippen LogP contribution in [-0.4, -0.2) is 16.9 Å². The van der Waals surface area contributed by atoms with Gasteiger partial charge in [-0.3, -0.25) is 4.79 Å². The Hall–Kier alpha value is -1.78. The average Bonchev–Trinajstić information content (AvgIpc) is 2.45. The number of carbonyl (C=O) groups is 1. The zero-order valence-corrected chi connectivity index (χ0v) is 13.0. The van der Waals surface area contributed by atoms with Gasteiger partial charge >= 0.3 is 0 Å². The standard InChI is InChI=1S/C15H15Cl2N3O/c1-10(15(18)21)20(9-11-5-3-2-4-6-11)12-7-8-13(16)19-14(12)17/h2-8,10H,9H2,1H3,(H2,18,21)/t10-/m1/s1. The molecule has 2 aromatic rings. The van der Waals surface area contributed by atoms with E-state index in [-0.39, 0.29) is 5.15 Å². The van der Waals surface area contributed by atoms with Crippen LogP contribution in [0, 0.1) is 0 Å². The summed E-state index contributed by atoms with van der Waals surface area (Å²) < 4.78 is 0. The van der Waals surface area contributed by atoms with Crippen molar-refractivity contribution in [3.05, 3.63) is 58.3 Å². The Morgan fingerprint density at radius 2 is 1.90 bits per heavy atom. The van der Waals surface area contributed by atoms with Gasteiger partial charge in [0.05, 0.1) is 5.69 Å². The predicted molar refractivity (Wildman–Crippen MR) is 85.5 cm³/mol. The lowest BCUT2D eigenvalue weighted by Crippen LogP contribution is -2.42. The van der Waals surface area contributed by atoms with Crippen molar-refractivity contribution in [2.24, 2.45) is 5.73 Å². The van der Waals surface area contributed by atoms with Crippen LogP contribution in [0.3, 0.4) is 0 Å². The van der Waals surface area contributed by atoms with Gasteiger partial charge in [-0.25, -0.2) is 4.98 Å². The van der Waals surface area contributed by atoms with E-state index in [4.69, 9.17) is 28.9 Å². The van der Waals surface area contributed by atoms with Crippen molar-refractivity contribution >= 4 is 34.8 Å². The number of nitrogens with two attached hydrogens (primary N) is 1. The van der Waals surface area contributed by atoms with E-state index < -0.39 is 11.9 Å². The number of halogens is 2. The second-order valence-corrected chi connectivity index (χ2v) is 5.38. The lowest BCUT2D eigenvalue weighted by atomic mass is 10.1. The molecule has 0 radical (unpaired) electrons. The fraction of sp³-hybridized carbons (Fsp3) is 0.200. The van der Waals surface area contributed by atoms with Gasteiger partial charge in [-0.2, -0.15) is 0 Å². The van der Waals surface area contributed by atoms with Gasteiger partial charge in [0.15, 0.2) is 5.15 Å². The van der Waals surface area contributed by atoms with Gasteiger partial charge in [-0.15, -0.1) is 0 Å². The predicted octanol–water partition coefficient (Wildman–Crippen LogP) is 3.27. The third kappa shape index (κ3) is 3.86. The van der Waals surface area contributed by atoms with Crippen molar-refractivity contribution in [2.75, 3.05) is 4.90 Å². The summed E-state index contributed by atoms with van der Waals surface area (Å²) >= 11 is 12.0. The number of rotatable bonds is 5. The lowest BCUT2D eigenvalue weighted by molar-refractivity contribution is -0.119. The molecule has 0 aliphatic carbocycles. The molecule has 0 aliphatic rings. The van der Waals surface area contributed by atoms with Crippen LogP contribution in [0.2, 0.25) is 10.3 Å². The van der Waals surface area contributed by atoms with Crippen molar-refractivity contribution in [2.45, 2.75) is 19.5 Å². The van der Waals surface area contributed by atoms with Crippen LogP contribution in [0.5, 0.6) is 0 Å². The Balaban J connectivity index is 2.38. The Labute approximate surface area is 133 Å². The highest BCUT2D eigenvalue weighted by molar-refractivity contribution is 6.34. The molecule has 0 fully saturated rings. The summed E-state index contributed by atoms with van der Waals surface area (Å²) in [5, 5.41) is 0.543. The van der Waals surface area contributed by atoms with E-state index in [0.29, 0.717) is 17.4 Å². The monoisotopic (exact) mass is 323 g/mol. The van der Waals surface area contributed by atoms with Crippen molar-refractivity contribution < 1.29 is 4.79 Å². The number of aromatic nitrogens is 1. The number of benzene rings is 1. The van der Waals surface area contributed by atoms with Gasteiger partial charge in [-0.1, -0.05) is 53.5 Å². The van der Waals surface area contributed by atoms with Crippen LogP contribution < -0.4 is 10.6 Å². The number of carbonyl (C=O) groups excluding carboxylic acids is 1. The van der Waals surface area contributed by atoms with E-state index in [0.717, 1.165) is 5.56 Å². The highest BCUT2D eigenvalue weighted by Crippen LogP contribution is 2.28. The first-order valence-corrected chi connectivity index (χ1v) is 7.16. The zero-order valence-electron chi connectivity index (χ0n) is 11.5. The summed E-state index contributed by atoms with van der Waals surface area (Å²) in [5.74, 6) is -0.433. The van der Waals surface area contributed by atoms with Gasteiger partial charge in [0.1, 0.15) is 11.2 Å². The van der Waals surface area contributed by atoms with Gasteiger partial charge in [0, 0.05) is 6.54 Å². The molecule has 6 heteroatoms. The molecule has 0 spiro atoms. The minimum Gasteiger partial charge on any atom is -0.368 e. The average molecular weight is 324 g/mol. The molecule has 1 atom stereocenters. The minimum absolute atomic E-state index is 0.242. The molecule has 110 valence electrons. The van der Waals surface area contributed by atoms with Crippen LogP contribution in [0.4, 0.5) is 5.69 Å². The topological polar surface area (TPSA) is 59.2 Å². The van der Waals surface area contributed by atoms with E-state index in [1.54, 1.807) is 19.1 Å². The second-order valence-electron chi connectivity index (χ2n) is 4.64. The van der Waals surface area contributed by atoms with Crippen LogP contribution in [0.25, 0.3) is 0 Å². The summed E-state index contributed by atoms with van der Waals surface area (Å²) in [6.07, 6.45) is 0.